The van der Waals surface area contributed by atoms with Gasteiger partial charge in [0.25, 0.3) is 5.91 Å². The van der Waals surface area contributed by atoms with Gasteiger partial charge >= 0.3 is 0 Å². The quantitative estimate of drug-likeness (QED) is 0.461. The van der Waals surface area contributed by atoms with Crippen LogP contribution in [0.1, 0.15) is 12.0 Å². The fraction of sp³-hybridized carbons (Fsp3) is 0.200. The number of hydrogen-bond acceptors (Lipinski definition) is 7. The molecule has 2 aromatic carbocycles. The monoisotopic (exact) mass is 429 g/mol. The van der Waals surface area contributed by atoms with Crippen LogP contribution in [-0.4, -0.2) is 44.2 Å². The molecule has 0 saturated carbocycles. The van der Waals surface area contributed by atoms with Crippen LogP contribution in [0, 0.1) is 0 Å². The van der Waals surface area contributed by atoms with Crippen LogP contribution in [0.25, 0.3) is 0 Å². The van der Waals surface area contributed by atoms with Crippen molar-refractivity contribution in [2.45, 2.75) is 12.5 Å². The van der Waals surface area contributed by atoms with Crippen LogP contribution < -0.4 is 25.5 Å². The zero-order valence-corrected chi connectivity index (χ0v) is 17.1. The van der Waals surface area contributed by atoms with E-state index in [9.17, 15) is 9.59 Å². The highest BCUT2D eigenvalue weighted by Gasteiger charge is 2.28. The second kappa shape index (κ2) is 9.75. The lowest BCUT2D eigenvalue weighted by atomic mass is 10.2. The SMILES string of the molecule is COc1ccc(/C=N\NC2=N[C@H](CC(=O)Nc3cccc(Cl)c3)C(=O)N2)cc1OC. The highest BCUT2D eigenvalue weighted by atomic mass is 35.5. The van der Waals surface area contributed by atoms with Gasteiger partial charge in [0.05, 0.1) is 26.9 Å². The average molecular weight is 430 g/mol. The Morgan fingerprint density at radius 2 is 2.03 bits per heavy atom. The van der Waals surface area contributed by atoms with E-state index in [0.717, 1.165) is 5.56 Å². The lowest BCUT2D eigenvalue weighted by Gasteiger charge is -2.07. The second-order valence-corrected chi connectivity index (χ2v) is 6.67. The number of nitrogens with one attached hydrogen (secondary N) is 3. The van der Waals surface area contributed by atoms with E-state index in [1.807, 2.05) is 0 Å². The number of carbonyl (C=O) groups is 2. The number of methoxy groups -OCH3 is 2. The van der Waals surface area contributed by atoms with Crippen molar-refractivity contribution in [3.8, 4) is 11.5 Å². The molecule has 0 spiro atoms. The number of rotatable bonds is 7. The maximum absolute atomic E-state index is 12.2. The lowest BCUT2D eigenvalue weighted by molar-refractivity contribution is -0.123. The molecule has 30 heavy (non-hydrogen) atoms. The van der Waals surface area contributed by atoms with Crippen LogP contribution in [-0.2, 0) is 9.59 Å². The summed E-state index contributed by atoms with van der Waals surface area (Å²) in [5, 5.41) is 9.79. The van der Waals surface area contributed by atoms with E-state index in [2.05, 4.69) is 26.2 Å². The van der Waals surface area contributed by atoms with Gasteiger partial charge in [-0.1, -0.05) is 17.7 Å². The van der Waals surface area contributed by atoms with Crippen LogP contribution in [0.3, 0.4) is 0 Å². The summed E-state index contributed by atoms with van der Waals surface area (Å²) >= 11 is 5.89. The fourth-order valence-corrected chi connectivity index (χ4v) is 2.89. The van der Waals surface area contributed by atoms with Crippen molar-refractivity contribution in [1.82, 2.24) is 10.7 Å². The third-order valence-corrected chi connectivity index (χ3v) is 4.34. The Kier molecular flexibility index (Phi) is 6.87. The molecule has 0 radical (unpaired) electrons. The van der Waals surface area contributed by atoms with Crippen LogP contribution in [0.5, 0.6) is 11.5 Å². The fourth-order valence-electron chi connectivity index (χ4n) is 2.70. The van der Waals surface area contributed by atoms with E-state index in [-0.39, 0.29) is 24.2 Å². The van der Waals surface area contributed by atoms with Gasteiger partial charge < -0.3 is 14.8 Å². The molecule has 0 aromatic heterocycles. The highest BCUT2D eigenvalue weighted by molar-refractivity contribution is 6.30. The summed E-state index contributed by atoms with van der Waals surface area (Å²) in [5.41, 5.74) is 3.95. The third-order valence-electron chi connectivity index (χ3n) is 4.11. The smallest absolute Gasteiger partial charge is 0.252 e. The van der Waals surface area contributed by atoms with Crippen molar-refractivity contribution < 1.29 is 19.1 Å². The number of aliphatic imine (C=N–C) groups is 1. The molecule has 9 nitrogen and oxygen atoms in total. The molecule has 2 amide bonds. The van der Waals surface area contributed by atoms with Crippen LogP contribution in [0.4, 0.5) is 5.69 Å². The molecule has 0 bridgehead atoms. The minimum absolute atomic E-state index is 0.108. The van der Waals surface area contributed by atoms with Crippen LogP contribution >= 0.6 is 11.6 Å². The zero-order valence-electron chi connectivity index (χ0n) is 16.3. The topological polar surface area (TPSA) is 113 Å². The van der Waals surface area contributed by atoms with Crippen molar-refractivity contribution in [3.63, 3.8) is 0 Å². The Bertz CT molecular complexity index is 1010. The zero-order chi connectivity index (χ0) is 21.5. The first-order chi connectivity index (χ1) is 14.5. The Hall–Kier alpha value is -3.59. The van der Waals surface area contributed by atoms with Gasteiger partial charge in [-0.3, -0.25) is 14.9 Å². The normalized spacial score (nSPS) is 15.5. The van der Waals surface area contributed by atoms with Gasteiger partial charge in [0.1, 0.15) is 6.04 Å². The third kappa shape index (κ3) is 5.48. The summed E-state index contributed by atoms with van der Waals surface area (Å²) in [7, 11) is 3.10. The number of hydrazone groups is 1. The Morgan fingerprint density at radius 3 is 2.77 bits per heavy atom. The van der Waals surface area contributed by atoms with Gasteiger partial charge in [-0.05, 0) is 42.0 Å². The average Bonchev–Trinajstić information content (AvgIpc) is 3.06. The number of benzene rings is 2. The number of amides is 2. The Morgan fingerprint density at radius 1 is 1.23 bits per heavy atom. The molecule has 3 rings (SSSR count). The molecule has 156 valence electrons. The van der Waals surface area contributed by atoms with Crippen molar-refractivity contribution >= 4 is 41.3 Å². The summed E-state index contributed by atoms with van der Waals surface area (Å²) in [6, 6.07) is 11.2. The molecule has 3 N–H and O–H groups in total. The van der Waals surface area contributed by atoms with Crippen molar-refractivity contribution in [1.29, 1.82) is 0 Å². The maximum Gasteiger partial charge on any atom is 0.252 e. The molecule has 0 aliphatic carbocycles. The van der Waals surface area contributed by atoms with Gasteiger partial charge in [0.2, 0.25) is 11.9 Å². The molecule has 10 heteroatoms. The van der Waals surface area contributed by atoms with Gasteiger partial charge in [-0.25, -0.2) is 10.4 Å². The van der Waals surface area contributed by atoms with E-state index >= 15 is 0 Å². The highest BCUT2D eigenvalue weighted by Crippen LogP contribution is 2.26. The van der Waals surface area contributed by atoms with Gasteiger partial charge in [-0.2, -0.15) is 5.10 Å². The predicted molar refractivity (Wildman–Crippen MR) is 114 cm³/mol. The number of ether oxygens (including phenoxy) is 2. The first-order valence-corrected chi connectivity index (χ1v) is 9.31. The molecule has 0 saturated heterocycles. The van der Waals surface area contributed by atoms with Gasteiger partial charge in [0.15, 0.2) is 11.5 Å². The Balaban J connectivity index is 1.56. The van der Waals surface area contributed by atoms with E-state index in [1.165, 1.54) is 6.21 Å². The molecule has 0 fully saturated rings. The first kappa shape index (κ1) is 21.1. The summed E-state index contributed by atoms with van der Waals surface area (Å²) in [6.07, 6.45) is 1.43. The lowest BCUT2D eigenvalue weighted by Crippen LogP contribution is -2.35. The van der Waals surface area contributed by atoms with Gasteiger partial charge in [0, 0.05) is 10.7 Å². The number of anilines is 1. The molecule has 1 aliphatic rings. The minimum Gasteiger partial charge on any atom is -0.493 e. The molecular formula is C20H20ClN5O4. The number of guanidine groups is 1. The summed E-state index contributed by atoms with van der Waals surface area (Å²) in [5.74, 6) is 0.598. The maximum atomic E-state index is 12.2. The Labute approximate surface area is 178 Å². The van der Waals surface area contributed by atoms with E-state index in [0.29, 0.717) is 22.2 Å². The van der Waals surface area contributed by atoms with Crippen LogP contribution in [0.2, 0.25) is 5.02 Å². The second-order valence-electron chi connectivity index (χ2n) is 6.23. The van der Waals surface area contributed by atoms with E-state index in [1.54, 1.807) is 56.7 Å². The van der Waals surface area contributed by atoms with Crippen molar-refractivity contribution in [3.05, 3.63) is 53.1 Å². The predicted octanol–water partition coefficient (Wildman–Crippen LogP) is 2.16. The standard InChI is InChI=1S/C20H20ClN5O4/c1-29-16-7-6-12(8-17(16)30-2)11-22-26-20-24-15(19(28)25-20)10-18(27)23-14-5-3-4-13(21)9-14/h3-9,11,15H,10H2,1-2H3,(H,23,27)(H2,24,25,26,28)/b22-11-/t15-/m1/s1. The molecule has 1 atom stereocenters. The number of carbonyl (C=O) groups excluding carboxylic acids is 2. The summed E-state index contributed by atoms with van der Waals surface area (Å²) in [4.78, 5) is 28.4. The van der Waals surface area contributed by atoms with E-state index < -0.39 is 6.04 Å². The molecule has 2 aromatic rings. The molecular weight excluding hydrogens is 410 g/mol. The van der Waals surface area contributed by atoms with E-state index in [4.69, 9.17) is 21.1 Å². The van der Waals surface area contributed by atoms with Crippen LogP contribution in [0.15, 0.2) is 52.6 Å². The molecule has 1 heterocycles. The number of hydrogen-bond donors (Lipinski definition) is 3. The van der Waals surface area contributed by atoms with Crippen molar-refractivity contribution in [2.75, 3.05) is 19.5 Å². The number of halogens is 1. The first-order valence-electron chi connectivity index (χ1n) is 8.93. The largest absolute Gasteiger partial charge is 0.493 e. The molecule has 1 aliphatic heterocycles. The minimum atomic E-state index is -0.844. The summed E-state index contributed by atoms with van der Waals surface area (Å²) < 4.78 is 10.4. The van der Waals surface area contributed by atoms with Crippen molar-refractivity contribution in [2.24, 2.45) is 10.1 Å². The molecule has 0 unspecified atom stereocenters. The van der Waals surface area contributed by atoms with Gasteiger partial charge in [-0.15, -0.1) is 0 Å². The number of nitrogens with zero attached hydrogens (tertiary/aromatic N) is 2. The summed E-state index contributed by atoms with van der Waals surface area (Å²) in [6.45, 7) is 0.